The predicted molar refractivity (Wildman–Crippen MR) is 136 cm³/mol. The lowest BCUT2D eigenvalue weighted by molar-refractivity contribution is 0.0990. The zero-order valence-corrected chi connectivity index (χ0v) is 20.3. The van der Waals surface area contributed by atoms with Gasteiger partial charge in [-0.1, -0.05) is 0 Å². The number of anilines is 4. The molecular formula is C25H30N4O4S. The first-order chi connectivity index (χ1) is 16.6. The van der Waals surface area contributed by atoms with E-state index in [1.54, 1.807) is 14.2 Å². The maximum absolute atomic E-state index is 6.36. The molecule has 4 bridgehead atoms. The maximum Gasteiger partial charge on any atom is 0.175 e. The van der Waals surface area contributed by atoms with Gasteiger partial charge in [0.1, 0.15) is 11.5 Å². The van der Waals surface area contributed by atoms with Gasteiger partial charge in [0.2, 0.25) is 0 Å². The van der Waals surface area contributed by atoms with Crippen LogP contribution in [0.2, 0.25) is 0 Å². The number of hydrogen-bond acceptors (Lipinski definition) is 7. The van der Waals surface area contributed by atoms with E-state index < -0.39 is 0 Å². The Hall–Kier alpha value is -2.75. The summed E-state index contributed by atoms with van der Waals surface area (Å²) in [6, 6.07) is 13.2. The van der Waals surface area contributed by atoms with Crippen molar-refractivity contribution in [2.45, 2.75) is 37.1 Å². The second-order valence-electron chi connectivity index (χ2n) is 9.38. The fourth-order valence-electron chi connectivity index (χ4n) is 5.86. The van der Waals surface area contributed by atoms with Crippen LogP contribution < -0.4 is 29.9 Å². The van der Waals surface area contributed by atoms with Crippen LogP contribution in [-0.4, -0.2) is 69.9 Å². The molecule has 0 radical (unpaired) electrons. The molecule has 6 rings (SSSR count). The van der Waals surface area contributed by atoms with Gasteiger partial charge in [0.15, 0.2) is 5.11 Å². The lowest BCUT2D eigenvalue weighted by Gasteiger charge is -2.33. The number of nitrogens with two attached hydrogens (primary N) is 1. The average molecular weight is 483 g/mol. The molecule has 0 saturated carbocycles. The minimum absolute atomic E-state index is 0.225. The van der Waals surface area contributed by atoms with Crippen molar-refractivity contribution >= 4 is 40.1 Å². The van der Waals surface area contributed by atoms with Crippen LogP contribution in [0, 0.1) is 0 Å². The van der Waals surface area contributed by atoms with Gasteiger partial charge in [0.05, 0.1) is 63.1 Å². The Morgan fingerprint density at radius 3 is 1.68 bits per heavy atom. The molecule has 9 heteroatoms. The third-order valence-electron chi connectivity index (χ3n) is 7.49. The molecule has 0 aliphatic carbocycles. The number of thiocarbonyl (C=S) groups is 1. The molecule has 180 valence electrons. The van der Waals surface area contributed by atoms with Crippen LogP contribution in [0.15, 0.2) is 36.4 Å². The van der Waals surface area contributed by atoms with E-state index in [1.165, 1.54) is 0 Å². The van der Waals surface area contributed by atoms with Crippen LogP contribution in [0.1, 0.15) is 12.8 Å². The average Bonchev–Trinajstić information content (AvgIpc) is 3.66. The topological polar surface area (TPSA) is 72.7 Å². The maximum atomic E-state index is 6.36. The van der Waals surface area contributed by atoms with Gasteiger partial charge in [-0.3, -0.25) is 4.90 Å². The monoisotopic (exact) mass is 482 g/mol. The summed E-state index contributed by atoms with van der Waals surface area (Å²) in [7, 11) is 3.33. The number of hydrogen-bond donors (Lipinski definition) is 1. The molecule has 4 atom stereocenters. The van der Waals surface area contributed by atoms with Gasteiger partial charge in [0.25, 0.3) is 0 Å². The lowest BCUT2D eigenvalue weighted by atomic mass is 10.1. The number of morpholine rings is 2. The molecule has 34 heavy (non-hydrogen) atoms. The molecule has 4 aliphatic heterocycles. The Labute approximate surface area is 205 Å². The minimum Gasteiger partial charge on any atom is -0.495 e. The second-order valence-corrected chi connectivity index (χ2v) is 9.80. The second kappa shape index (κ2) is 8.48. The highest BCUT2D eigenvalue weighted by molar-refractivity contribution is 7.80. The first kappa shape index (κ1) is 21.8. The summed E-state index contributed by atoms with van der Waals surface area (Å²) in [5.74, 6) is 1.39. The number of ether oxygens (including phenoxy) is 4. The molecule has 4 heterocycles. The van der Waals surface area contributed by atoms with Crippen molar-refractivity contribution in [2.24, 2.45) is 5.73 Å². The van der Waals surface area contributed by atoms with Gasteiger partial charge >= 0.3 is 0 Å². The Balaban J connectivity index is 1.42. The summed E-state index contributed by atoms with van der Waals surface area (Å²) in [5, 5.41) is 0.225. The third kappa shape index (κ3) is 3.54. The minimum atomic E-state index is 0.225. The molecule has 2 aromatic carbocycles. The Morgan fingerprint density at radius 2 is 1.35 bits per heavy atom. The lowest BCUT2D eigenvalue weighted by Crippen LogP contribution is -2.38. The summed E-state index contributed by atoms with van der Waals surface area (Å²) >= 11 is 5.58. The van der Waals surface area contributed by atoms with Crippen molar-refractivity contribution in [1.82, 2.24) is 0 Å². The number of nitrogens with zero attached hydrogens (tertiary/aromatic N) is 3. The van der Waals surface area contributed by atoms with Crippen molar-refractivity contribution in [3.63, 3.8) is 0 Å². The summed E-state index contributed by atoms with van der Waals surface area (Å²) in [6.07, 6.45) is 2.74. The molecule has 0 aromatic heterocycles. The van der Waals surface area contributed by atoms with Gasteiger partial charge in [0, 0.05) is 24.5 Å². The first-order valence-electron chi connectivity index (χ1n) is 11.8. The van der Waals surface area contributed by atoms with E-state index in [-0.39, 0.29) is 5.11 Å². The van der Waals surface area contributed by atoms with E-state index in [2.05, 4.69) is 34.1 Å². The van der Waals surface area contributed by atoms with Crippen molar-refractivity contribution < 1.29 is 18.9 Å². The molecular weight excluding hydrogens is 452 g/mol. The van der Waals surface area contributed by atoms with Gasteiger partial charge in [-0.2, -0.15) is 0 Å². The summed E-state index contributed by atoms with van der Waals surface area (Å²) < 4.78 is 23.1. The smallest absolute Gasteiger partial charge is 0.175 e. The first-order valence-corrected chi connectivity index (χ1v) is 12.2. The predicted octanol–water partition coefficient (Wildman–Crippen LogP) is 3.04. The molecule has 4 fully saturated rings. The van der Waals surface area contributed by atoms with E-state index >= 15 is 0 Å². The molecule has 2 aromatic rings. The van der Waals surface area contributed by atoms with Crippen LogP contribution in [0.25, 0.3) is 0 Å². The fourth-order valence-corrected chi connectivity index (χ4v) is 6.06. The van der Waals surface area contributed by atoms with Crippen molar-refractivity contribution in [1.29, 1.82) is 0 Å². The highest BCUT2D eigenvalue weighted by Crippen LogP contribution is 2.44. The molecule has 2 N–H and O–H groups in total. The molecule has 4 saturated heterocycles. The standard InChI is InChI=1S/C25H30N4O4S/c1-30-23-5-3-15(27-11-19-7-17(27)13-32-19)9-21(23)29(25(26)34)22-10-16(4-6-24(22)31-2)28-12-20-8-18(28)14-33-20/h3-6,9-10,17-20H,7-8,11-14H2,1-2H3,(H2,26,34)/t17-,18-,19-,20-/m0/s1. The zero-order valence-electron chi connectivity index (χ0n) is 19.5. The molecule has 0 amide bonds. The Kier molecular flexibility index (Phi) is 5.43. The Bertz CT molecular complexity index is 1030. The van der Waals surface area contributed by atoms with Crippen LogP contribution >= 0.6 is 12.2 Å². The number of benzene rings is 2. The molecule has 0 unspecified atom stereocenters. The largest absolute Gasteiger partial charge is 0.495 e. The SMILES string of the molecule is COc1ccc(N2C[C@@H]3C[C@H]2CO3)cc1N(C(N)=S)c1cc(N2C[C@@H]3C[C@H]2CO3)ccc1OC. The van der Waals surface area contributed by atoms with Crippen molar-refractivity contribution in [2.75, 3.05) is 55.2 Å². The highest BCUT2D eigenvalue weighted by atomic mass is 32.1. The van der Waals surface area contributed by atoms with Crippen LogP contribution in [0.5, 0.6) is 11.5 Å². The van der Waals surface area contributed by atoms with E-state index in [9.17, 15) is 0 Å². The highest BCUT2D eigenvalue weighted by Gasteiger charge is 2.40. The fraction of sp³-hybridized carbons (Fsp3) is 0.480. The summed E-state index contributed by atoms with van der Waals surface area (Å²) in [4.78, 5) is 6.67. The van der Waals surface area contributed by atoms with E-state index in [1.807, 2.05) is 17.0 Å². The Morgan fingerprint density at radius 1 is 0.882 bits per heavy atom. The summed E-state index contributed by atoms with van der Waals surface area (Å²) in [5.41, 5.74) is 10.2. The molecule has 8 nitrogen and oxygen atoms in total. The normalized spacial score (nSPS) is 26.9. The van der Waals surface area contributed by atoms with E-state index in [0.29, 0.717) is 35.8 Å². The van der Waals surface area contributed by atoms with Gasteiger partial charge < -0.3 is 34.5 Å². The van der Waals surface area contributed by atoms with Gasteiger partial charge in [-0.05, 0) is 61.5 Å². The van der Waals surface area contributed by atoms with Crippen LogP contribution in [-0.2, 0) is 9.47 Å². The van der Waals surface area contributed by atoms with Gasteiger partial charge in [-0.15, -0.1) is 0 Å². The number of rotatable bonds is 6. The zero-order chi connectivity index (χ0) is 23.4. The number of fused-ring (bicyclic) bond motifs is 4. The molecule has 4 aliphatic rings. The van der Waals surface area contributed by atoms with E-state index in [0.717, 1.165) is 61.9 Å². The third-order valence-corrected chi connectivity index (χ3v) is 7.67. The molecule has 0 spiro atoms. The van der Waals surface area contributed by atoms with Crippen molar-refractivity contribution in [3.8, 4) is 11.5 Å². The summed E-state index contributed by atoms with van der Waals surface area (Å²) in [6.45, 7) is 3.31. The number of methoxy groups -OCH3 is 2. The van der Waals surface area contributed by atoms with Crippen molar-refractivity contribution in [3.05, 3.63) is 36.4 Å². The van der Waals surface area contributed by atoms with Gasteiger partial charge in [-0.25, -0.2) is 0 Å². The van der Waals surface area contributed by atoms with Crippen LogP contribution in [0.3, 0.4) is 0 Å². The van der Waals surface area contributed by atoms with Crippen LogP contribution in [0.4, 0.5) is 22.7 Å². The quantitative estimate of drug-likeness (QED) is 0.626. The van der Waals surface area contributed by atoms with E-state index in [4.69, 9.17) is 36.9 Å².